The minimum Gasteiger partial charge on any atom is -0.399 e. The van der Waals surface area contributed by atoms with E-state index >= 15 is 0 Å². The highest BCUT2D eigenvalue weighted by Gasteiger charge is 1.97. The zero-order chi connectivity index (χ0) is 10.7. The molecule has 0 unspecified atom stereocenters. The third-order valence-corrected chi connectivity index (χ3v) is 2.02. The average Bonchev–Trinajstić information content (AvgIpc) is 2.25. The molecule has 0 amide bonds. The fraction of sp³-hybridized carbons (Fsp3) is 0. The summed E-state index contributed by atoms with van der Waals surface area (Å²) in [5.41, 5.74) is 8.50. The predicted octanol–water partition coefficient (Wildman–Crippen LogP) is 2.91. The van der Waals surface area contributed by atoms with Gasteiger partial charge in [-0.25, -0.2) is 4.99 Å². The Labute approximate surface area is 100 Å². The number of halogens is 1. The first-order valence-corrected chi connectivity index (χ1v) is 4.63. The van der Waals surface area contributed by atoms with Crippen molar-refractivity contribution in [3.05, 3.63) is 48.6 Å². The lowest BCUT2D eigenvalue weighted by Gasteiger charge is -2.00. The maximum Gasteiger partial charge on any atom is 0.0638 e. The van der Waals surface area contributed by atoms with Gasteiger partial charge in [0.15, 0.2) is 0 Å². The lowest BCUT2D eigenvalue weighted by molar-refractivity contribution is 1.50. The normalized spacial score (nSPS) is 13.5. The minimum atomic E-state index is 0. The van der Waals surface area contributed by atoms with Gasteiger partial charge < -0.3 is 11.1 Å². The highest BCUT2D eigenvalue weighted by Crippen LogP contribution is 2.15. The Morgan fingerprint density at radius 1 is 0.938 bits per heavy atom. The third kappa shape index (κ3) is 3.07. The number of nitrogens with zero attached hydrogens (tertiary/aromatic N) is 1. The van der Waals surface area contributed by atoms with Gasteiger partial charge in [0.05, 0.1) is 17.1 Å². The van der Waals surface area contributed by atoms with Crippen LogP contribution < -0.4 is 5.73 Å². The van der Waals surface area contributed by atoms with Crippen molar-refractivity contribution in [1.82, 2.24) is 0 Å². The van der Waals surface area contributed by atoms with E-state index in [1.54, 1.807) is 12.2 Å². The van der Waals surface area contributed by atoms with Crippen LogP contribution in [0.3, 0.4) is 0 Å². The van der Waals surface area contributed by atoms with Crippen molar-refractivity contribution in [3.63, 3.8) is 0 Å². The molecule has 0 aliphatic heterocycles. The molecule has 1 aliphatic rings. The van der Waals surface area contributed by atoms with Crippen molar-refractivity contribution in [1.29, 1.82) is 5.41 Å². The zero-order valence-electron chi connectivity index (χ0n) is 8.55. The molecule has 3 nitrogen and oxygen atoms in total. The molecule has 16 heavy (non-hydrogen) atoms. The second-order valence-corrected chi connectivity index (χ2v) is 3.25. The van der Waals surface area contributed by atoms with E-state index in [1.165, 1.54) is 0 Å². The van der Waals surface area contributed by atoms with Crippen LogP contribution in [0.25, 0.3) is 0 Å². The number of rotatable bonds is 1. The topological polar surface area (TPSA) is 62.2 Å². The smallest absolute Gasteiger partial charge is 0.0638 e. The van der Waals surface area contributed by atoms with E-state index < -0.39 is 0 Å². The molecule has 0 saturated carbocycles. The van der Waals surface area contributed by atoms with E-state index in [4.69, 9.17) is 11.1 Å². The first-order valence-electron chi connectivity index (χ1n) is 4.63. The summed E-state index contributed by atoms with van der Waals surface area (Å²) in [5.74, 6) is 0. The van der Waals surface area contributed by atoms with E-state index in [-0.39, 0.29) is 12.4 Å². The van der Waals surface area contributed by atoms with Gasteiger partial charge in [-0.2, -0.15) is 0 Å². The van der Waals surface area contributed by atoms with E-state index in [0.717, 1.165) is 17.1 Å². The number of nitrogens with two attached hydrogens (primary N) is 1. The number of nitrogen functional groups attached to an aromatic ring is 1. The van der Waals surface area contributed by atoms with Crippen molar-refractivity contribution < 1.29 is 0 Å². The molecule has 3 N–H and O–H groups in total. The van der Waals surface area contributed by atoms with Gasteiger partial charge in [0.2, 0.25) is 0 Å². The fourth-order valence-electron chi connectivity index (χ4n) is 1.23. The van der Waals surface area contributed by atoms with Crippen LogP contribution in [0, 0.1) is 5.41 Å². The summed E-state index contributed by atoms with van der Waals surface area (Å²) >= 11 is 0. The molecular formula is C12H12ClN3. The van der Waals surface area contributed by atoms with Crippen LogP contribution in [-0.4, -0.2) is 11.4 Å². The van der Waals surface area contributed by atoms with E-state index in [9.17, 15) is 0 Å². The third-order valence-electron chi connectivity index (χ3n) is 2.02. The van der Waals surface area contributed by atoms with Crippen molar-refractivity contribution in [2.75, 3.05) is 5.73 Å². The van der Waals surface area contributed by atoms with Gasteiger partial charge >= 0.3 is 0 Å². The molecule has 0 saturated heterocycles. The Kier molecular flexibility index (Phi) is 4.03. The molecule has 1 aromatic rings. The molecule has 0 heterocycles. The Balaban J connectivity index is 0.00000128. The first-order chi connectivity index (χ1) is 7.24. The molecule has 82 valence electrons. The number of allylic oxidation sites excluding steroid dienone is 4. The largest absolute Gasteiger partial charge is 0.399 e. The van der Waals surface area contributed by atoms with Crippen LogP contribution in [0.4, 0.5) is 11.4 Å². The van der Waals surface area contributed by atoms with Gasteiger partial charge in [0.1, 0.15) is 0 Å². The lowest BCUT2D eigenvalue weighted by Crippen LogP contribution is -1.97. The van der Waals surface area contributed by atoms with Crippen molar-refractivity contribution in [3.8, 4) is 0 Å². The van der Waals surface area contributed by atoms with E-state index in [1.807, 2.05) is 36.4 Å². The predicted molar refractivity (Wildman–Crippen MR) is 71.2 cm³/mol. The summed E-state index contributed by atoms with van der Waals surface area (Å²) < 4.78 is 0. The maximum atomic E-state index is 7.34. The van der Waals surface area contributed by atoms with Crippen LogP contribution in [0.1, 0.15) is 0 Å². The molecule has 0 aromatic heterocycles. The lowest BCUT2D eigenvalue weighted by atomic mass is 10.1. The van der Waals surface area contributed by atoms with Gasteiger partial charge in [-0.3, -0.25) is 0 Å². The summed E-state index contributed by atoms with van der Waals surface area (Å²) in [7, 11) is 0. The number of hydrogen-bond donors (Lipinski definition) is 2. The van der Waals surface area contributed by atoms with E-state index in [2.05, 4.69) is 4.99 Å². The van der Waals surface area contributed by atoms with Gasteiger partial charge in [-0.15, -0.1) is 12.4 Å². The van der Waals surface area contributed by atoms with E-state index in [0.29, 0.717) is 5.71 Å². The van der Waals surface area contributed by atoms with Crippen LogP contribution >= 0.6 is 12.4 Å². The quantitative estimate of drug-likeness (QED) is 0.569. The first kappa shape index (κ1) is 12.2. The molecule has 2 rings (SSSR count). The Morgan fingerprint density at radius 2 is 1.50 bits per heavy atom. The molecule has 1 aliphatic carbocycles. The van der Waals surface area contributed by atoms with Crippen molar-refractivity contribution in [2.24, 2.45) is 4.99 Å². The summed E-state index contributed by atoms with van der Waals surface area (Å²) in [6.45, 7) is 0. The Bertz CT molecular complexity index is 452. The minimum absolute atomic E-state index is 0. The molecule has 1 aromatic carbocycles. The van der Waals surface area contributed by atoms with Crippen LogP contribution in [-0.2, 0) is 0 Å². The highest BCUT2D eigenvalue weighted by atomic mass is 35.5. The molecule has 0 bridgehead atoms. The summed E-state index contributed by atoms with van der Waals surface area (Å²) in [6.07, 6.45) is 7.07. The Hall–Kier alpha value is -1.87. The van der Waals surface area contributed by atoms with Crippen molar-refractivity contribution in [2.45, 2.75) is 0 Å². The summed E-state index contributed by atoms with van der Waals surface area (Å²) in [6, 6.07) is 7.36. The average molecular weight is 234 g/mol. The van der Waals surface area contributed by atoms with Gasteiger partial charge in [-0.1, -0.05) is 0 Å². The summed E-state index contributed by atoms with van der Waals surface area (Å²) in [4.78, 5) is 4.38. The number of hydrogen-bond acceptors (Lipinski definition) is 3. The Morgan fingerprint density at radius 3 is 2.06 bits per heavy atom. The molecule has 0 radical (unpaired) electrons. The second kappa shape index (κ2) is 5.28. The number of aliphatic imine (C=N–C) groups is 1. The van der Waals surface area contributed by atoms with Gasteiger partial charge in [-0.05, 0) is 48.6 Å². The number of nitrogens with one attached hydrogen (secondary N) is 1. The molecular weight excluding hydrogens is 222 g/mol. The molecule has 0 atom stereocenters. The second-order valence-electron chi connectivity index (χ2n) is 3.25. The van der Waals surface area contributed by atoms with Gasteiger partial charge in [0.25, 0.3) is 0 Å². The highest BCUT2D eigenvalue weighted by molar-refractivity contribution is 6.18. The molecule has 0 fully saturated rings. The van der Waals surface area contributed by atoms with Crippen LogP contribution in [0.2, 0.25) is 0 Å². The maximum absolute atomic E-state index is 7.34. The van der Waals surface area contributed by atoms with Crippen LogP contribution in [0.5, 0.6) is 0 Å². The van der Waals surface area contributed by atoms with Crippen molar-refractivity contribution >= 4 is 35.2 Å². The van der Waals surface area contributed by atoms with Crippen LogP contribution in [0.15, 0.2) is 53.6 Å². The molecule has 4 heteroatoms. The van der Waals surface area contributed by atoms with Gasteiger partial charge in [0, 0.05) is 5.69 Å². The zero-order valence-corrected chi connectivity index (χ0v) is 9.37. The number of benzene rings is 1. The monoisotopic (exact) mass is 233 g/mol. The standard InChI is InChI=1S/C12H11N3.ClH/c13-9-1-5-11(6-2-9)15-12-7-3-10(14)4-8-12;/h1-8,13H,14H2;1H. The fourth-order valence-corrected chi connectivity index (χ4v) is 1.23. The molecule has 0 spiro atoms. The SMILES string of the molecule is Cl.N=C1C=CC(=Nc2ccc(N)cc2)C=C1. The number of anilines is 1. The summed E-state index contributed by atoms with van der Waals surface area (Å²) in [5, 5.41) is 7.34.